The third-order valence-corrected chi connectivity index (χ3v) is 5.96. The third kappa shape index (κ3) is 3.42. The van der Waals surface area contributed by atoms with Crippen LogP contribution in [0.5, 0.6) is 5.75 Å². The Morgan fingerprint density at radius 1 is 1.11 bits per heavy atom. The van der Waals surface area contributed by atoms with E-state index in [-0.39, 0.29) is 5.91 Å². The van der Waals surface area contributed by atoms with Gasteiger partial charge < -0.3 is 9.64 Å². The molecule has 28 heavy (non-hydrogen) atoms. The largest absolute Gasteiger partial charge is 0.478 e. The van der Waals surface area contributed by atoms with Crippen LogP contribution in [0, 0.1) is 20.8 Å². The Morgan fingerprint density at radius 3 is 2.50 bits per heavy atom. The molecule has 1 aromatic heterocycles. The van der Waals surface area contributed by atoms with E-state index in [0.29, 0.717) is 13.0 Å². The molecule has 1 aliphatic rings. The van der Waals surface area contributed by atoms with Gasteiger partial charge in [-0.25, -0.2) is 4.98 Å². The normalized spacial score (nSPS) is 16.1. The average Bonchev–Trinajstić information content (AvgIpc) is 3.03. The number of nitrogens with zero attached hydrogens (tertiary/aromatic N) is 2. The van der Waals surface area contributed by atoms with E-state index in [1.165, 1.54) is 10.4 Å². The second-order valence-electron chi connectivity index (χ2n) is 7.24. The smallest absolute Gasteiger partial charge is 0.268 e. The number of aromatic nitrogens is 1. The first-order chi connectivity index (χ1) is 13.5. The van der Waals surface area contributed by atoms with E-state index >= 15 is 0 Å². The number of rotatable bonds is 4. The summed E-state index contributed by atoms with van der Waals surface area (Å²) < 4.78 is 6.00. The summed E-state index contributed by atoms with van der Waals surface area (Å²) in [6.45, 7) is 8.68. The Labute approximate surface area is 169 Å². The van der Waals surface area contributed by atoms with Crippen molar-refractivity contribution < 1.29 is 9.53 Å². The quantitative estimate of drug-likeness (QED) is 0.594. The Hall–Kier alpha value is -2.66. The van der Waals surface area contributed by atoms with E-state index in [2.05, 4.69) is 43.1 Å². The first kappa shape index (κ1) is 18.7. The van der Waals surface area contributed by atoms with Crippen LogP contribution in [0.25, 0.3) is 11.3 Å². The summed E-state index contributed by atoms with van der Waals surface area (Å²) in [4.78, 5) is 20.8. The number of carbonyl (C=O) groups excluding carboxylic acids is 1. The fourth-order valence-corrected chi connectivity index (χ4v) is 4.41. The Morgan fingerprint density at radius 2 is 1.86 bits per heavy atom. The van der Waals surface area contributed by atoms with E-state index in [4.69, 9.17) is 4.74 Å². The van der Waals surface area contributed by atoms with Crippen molar-refractivity contribution in [1.29, 1.82) is 0 Å². The monoisotopic (exact) mass is 392 g/mol. The number of aryl methyl sites for hydroxylation is 3. The molecule has 0 spiro atoms. The average molecular weight is 393 g/mol. The Balaban J connectivity index is 1.77. The lowest BCUT2D eigenvalue weighted by Gasteiger charge is -2.34. The van der Waals surface area contributed by atoms with E-state index in [1.54, 1.807) is 11.3 Å². The molecule has 3 aromatic rings. The number of fused-ring (bicyclic) bond motifs is 1. The topological polar surface area (TPSA) is 42.4 Å². The lowest BCUT2D eigenvalue weighted by atomic mass is 10.0. The van der Waals surface area contributed by atoms with E-state index in [9.17, 15) is 4.79 Å². The van der Waals surface area contributed by atoms with Crippen LogP contribution in [0.2, 0.25) is 0 Å². The van der Waals surface area contributed by atoms with Crippen molar-refractivity contribution in [2.75, 3.05) is 4.90 Å². The van der Waals surface area contributed by atoms with Gasteiger partial charge in [-0.2, -0.15) is 0 Å². The van der Waals surface area contributed by atoms with Gasteiger partial charge in [-0.1, -0.05) is 36.8 Å². The minimum absolute atomic E-state index is 0.0129. The number of benzene rings is 2. The summed E-state index contributed by atoms with van der Waals surface area (Å²) in [5.41, 5.74) is 5.12. The zero-order valence-electron chi connectivity index (χ0n) is 16.7. The molecule has 5 heteroatoms. The first-order valence-corrected chi connectivity index (χ1v) is 10.4. The van der Waals surface area contributed by atoms with Crippen LogP contribution in [0.15, 0.2) is 42.5 Å². The summed E-state index contributed by atoms with van der Waals surface area (Å²) in [6, 6.07) is 14.4. The molecule has 0 saturated heterocycles. The maximum Gasteiger partial charge on any atom is 0.268 e. The molecule has 4 rings (SSSR count). The highest BCUT2D eigenvalue weighted by molar-refractivity contribution is 7.11. The summed E-state index contributed by atoms with van der Waals surface area (Å²) in [5.74, 6) is 0.769. The van der Waals surface area contributed by atoms with Crippen molar-refractivity contribution in [2.24, 2.45) is 0 Å². The number of thiazole rings is 1. The zero-order chi connectivity index (χ0) is 19.8. The maximum atomic E-state index is 13.1. The van der Waals surface area contributed by atoms with Gasteiger partial charge in [0.25, 0.3) is 5.91 Å². The molecule has 1 amide bonds. The van der Waals surface area contributed by atoms with E-state index in [0.717, 1.165) is 33.3 Å². The van der Waals surface area contributed by atoms with Gasteiger partial charge in [0.2, 0.25) is 0 Å². The van der Waals surface area contributed by atoms with E-state index in [1.807, 2.05) is 36.9 Å². The third-order valence-electron chi connectivity index (χ3n) is 5.07. The molecule has 1 aliphatic heterocycles. The number of carbonyl (C=O) groups is 1. The van der Waals surface area contributed by atoms with Crippen molar-refractivity contribution in [2.45, 2.75) is 46.8 Å². The Kier molecular flexibility index (Phi) is 4.94. The van der Waals surface area contributed by atoms with Crippen molar-refractivity contribution >= 4 is 22.9 Å². The molecule has 0 radical (unpaired) electrons. The minimum atomic E-state index is -0.438. The van der Waals surface area contributed by atoms with Gasteiger partial charge in [0.15, 0.2) is 6.10 Å². The van der Waals surface area contributed by atoms with Gasteiger partial charge in [-0.05, 0) is 51.0 Å². The van der Waals surface area contributed by atoms with Gasteiger partial charge in [0, 0.05) is 10.4 Å². The molecular formula is C23H24N2O2S. The lowest BCUT2D eigenvalue weighted by molar-refractivity contribution is -0.126. The van der Waals surface area contributed by atoms with E-state index < -0.39 is 6.10 Å². The van der Waals surface area contributed by atoms with Crippen molar-refractivity contribution in [3.63, 3.8) is 0 Å². The van der Waals surface area contributed by atoms with Crippen molar-refractivity contribution in [3.8, 4) is 17.0 Å². The van der Waals surface area contributed by atoms with Crippen LogP contribution >= 0.6 is 11.3 Å². The number of hydrogen-bond acceptors (Lipinski definition) is 4. The molecule has 0 aliphatic carbocycles. The van der Waals surface area contributed by atoms with Crippen LogP contribution in [-0.4, -0.2) is 17.0 Å². The molecule has 1 atom stereocenters. The van der Waals surface area contributed by atoms with Crippen molar-refractivity contribution in [1.82, 2.24) is 4.98 Å². The lowest BCUT2D eigenvalue weighted by Crippen LogP contribution is -2.45. The second kappa shape index (κ2) is 7.40. The van der Waals surface area contributed by atoms with Gasteiger partial charge in [0.1, 0.15) is 5.75 Å². The summed E-state index contributed by atoms with van der Waals surface area (Å²) >= 11 is 1.69. The maximum absolute atomic E-state index is 13.1. The predicted octanol–water partition coefficient (Wildman–Crippen LogP) is 5.44. The molecule has 0 saturated carbocycles. The molecule has 4 nitrogen and oxygen atoms in total. The molecule has 144 valence electrons. The molecule has 1 unspecified atom stereocenters. The second-order valence-corrected chi connectivity index (χ2v) is 8.65. The zero-order valence-corrected chi connectivity index (χ0v) is 17.5. The highest BCUT2D eigenvalue weighted by Gasteiger charge is 2.33. The number of anilines is 1. The molecular weight excluding hydrogens is 368 g/mol. The molecule has 0 N–H and O–H groups in total. The van der Waals surface area contributed by atoms with Crippen LogP contribution in [0.4, 0.5) is 5.69 Å². The Bertz CT molecular complexity index is 1020. The SMILES string of the molecule is CCC1Oc2ccc(-c3nc(C)sc3C)cc2N(Cc2ccc(C)cc2)C1=O. The number of ether oxygens (including phenoxy) is 1. The fourth-order valence-electron chi connectivity index (χ4n) is 3.57. The van der Waals surface area contributed by atoms with Crippen LogP contribution < -0.4 is 9.64 Å². The van der Waals surface area contributed by atoms with Gasteiger partial charge in [0.05, 0.1) is 22.9 Å². The summed E-state index contributed by atoms with van der Waals surface area (Å²) in [5, 5.41) is 1.04. The fraction of sp³-hybridized carbons (Fsp3) is 0.304. The molecule has 0 fully saturated rings. The van der Waals surface area contributed by atoms with Crippen LogP contribution in [0.3, 0.4) is 0 Å². The number of amides is 1. The van der Waals surface area contributed by atoms with Crippen LogP contribution in [0.1, 0.15) is 34.4 Å². The predicted molar refractivity (Wildman–Crippen MR) is 114 cm³/mol. The van der Waals surface area contributed by atoms with Crippen molar-refractivity contribution in [3.05, 3.63) is 63.5 Å². The standard InChI is InChI=1S/C23H24N2O2S/c1-5-20-23(26)25(13-17-8-6-14(2)7-9-17)19-12-18(10-11-21(19)27-20)22-15(3)28-16(4)24-22/h6-12,20H,5,13H2,1-4H3. The highest BCUT2D eigenvalue weighted by Crippen LogP contribution is 2.40. The summed E-state index contributed by atoms with van der Waals surface area (Å²) in [7, 11) is 0. The molecule has 0 bridgehead atoms. The first-order valence-electron chi connectivity index (χ1n) is 9.58. The summed E-state index contributed by atoms with van der Waals surface area (Å²) in [6.07, 6.45) is 0.210. The van der Waals surface area contributed by atoms with Crippen LogP contribution in [-0.2, 0) is 11.3 Å². The molecule has 2 aromatic carbocycles. The van der Waals surface area contributed by atoms with Gasteiger partial charge in [-0.15, -0.1) is 11.3 Å². The highest BCUT2D eigenvalue weighted by atomic mass is 32.1. The molecule has 2 heterocycles. The minimum Gasteiger partial charge on any atom is -0.478 e. The van der Waals surface area contributed by atoms with Gasteiger partial charge in [-0.3, -0.25) is 4.79 Å². The number of hydrogen-bond donors (Lipinski definition) is 0. The van der Waals surface area contributed by atoms with Gasteiger partial charge >= 0.3 is 0 Å².